The molecule has 0 radical (unpaired) electrons. The predicted octanol–water partition coefficient (Wildman–Crippen LogP) is -0.478. The highest BCUT2D eigenvalue weighted by Crippen LogP contribution is 1.97. The maximum atomic E-state index is 11.3. The first-order valence-corrected chi connectivity index (χ1v) is 5.08. The van der Waals surface area contributed by atoms with Gasteiger partial charge in [-0.1, -0.05) is 5.92 Å². The van der Waals surface area contributed by atoms with Gasteiger partial charge in [0.1, 0.15) is 0 Å². The Morgan fingerprint density at radius 2 is 2.33 bits per heavy atom. The summed E-state index contributed by atoms with van der Waals surface area (Å²) in [6.07, 6.45) is 6.50. The number of terminal acetylenes is 1. The number of nitrogens with zero attached hydrogens (tertiary/aromatic N) is 1. The molecule has 1 rings (SSSR count). The summed E-state index contributed by atoms with van der Waals surface area (Å²) in [6.45, 7) is 1.48. The van der Waals surface area contributed by atoms with Crippen molar-refractivity contribution in [2.45, 2.75) is 6.54 Å². The fourth-order valence-electron chi connectivity index (χ4n) is 1.01. The van der Waals surface area contributed by atoms with Crippen molar-refractivity contribution in [2.24, 2.45) is 0 Å². The zero-order valence-electron chi connectivity index (χ0n) is 7.92. The topological polar surface area (TPSA) is 66.9 Å². The summed E-state index contributed by atoms with van der Waals surface area (Å²) in [4.78, 5) is 24.5. The molecule has 0 atom stereocenters. The second-order valence-electron chi connectivity index (χ2n) is 2.81. The van der Waals surface area contributed by atoms with Gasteiger partial charge in [-0.2, -0.15) is 0 Å². The molecule has 0 unspecified atom stereocenters. The molecular weight excluding hydrogens is 262 g/mol. The highest BCUT2D eigenvalue weighted by molar-refractivity contribution is 9.10. The third-order valence-electron chi connectivity index (χ3n) is 1.72. The van der Waals surface area contributed by atoms with Gasteiger partial charge in [-0.3, -0.25) is 14.3 Å². The van der Waals surface area contributed by atoms with Crippen molar-refractivity contribution in [1.29, 1.82) is 0 Å². The molecular formula is C9H10BrN3O2. The minimum atomic E-state index is -0.425. The first-order chi connectivity index (χ1) is 7.15. The van der Waals surface area contributed by atoms with E-state index in [1.165, 1.54) is 10.8 Å². The Balaban J connectivity index is 2.71. The minimum absolute atomic E-state index is 0.332. The van der Waals surface area contributed by atoms with E-state index in [1.54, 1.807) is 0 Å². The Bertz CT molecular complexity index is 483. The van der Waals surface area contributed by atoms with Crippen molar-refractivity contribution < 1.29 is 0 Å². The highest BCUT2D eigenvalue weighted by Gasteiger charge is 2.00. The molecule has 0 saturated heterocycles. The van der Waals surface area contributed by atoms with E-state index in [1.807, 2.05) is 0 Å². The Kier molecular flexibility index (Phi) is 4.34. The van der Waals surface area contributed by atoms with Crippen LogP contribution in [0.25, 0.3) is 0 Å². The van der Waals surface area contributed by atoms with Crippen molar-refractivity contribution >= 4 is 15.9 Å². The Morgan fingerprint density at radius 3 is 3.00 bits per heavy atom. The molecule has 6 heteroatoms. The van der Waals surface area contributed by atoms with Gasteiger partial charge in [0.05, 0.1) is 11.0 Å². The van der Waals surface area contributed by atoms with E-state index in [-0.39, 0.29) is 0 Å². The van der Waals surface area contributed by atoms with E-state index < -0.39 is 11.2 Å². The molecule has 0 amide bonds. The normalized spacial score (nSPS) is 9.87. The summed E-state index contributed by atoms with van der Waals surface area (Å²) in [5, 5.41) is 2.94. The monoisotopic (exact) mass is 271 g/mol. The van der Waals surface area contributed by atoms with E-state index in [4.69, 9.17) is 6.42 Å². The lowest BCUT2D eigenvalue weighted by molar-refractivity contribution is 0.596. The molecule has 0 fully saturated rings. The van der Waals surface area contributed by atoms with E-state index in [0.717, 1.165) is 0 Å². The smallest absolute Gasteiger partial charge is 0.304 e. The average Bonchev–Trinajstić information content (AvgIpc) is 2.20. The standard InChI is InChI=1S/C9H10BrN3O2/c1-2-3-11-4-5-13-6-7(10)8(14)12-9(13)15/h1,6,11H,3-5H2,(H,12,14,15). The van der Waals surface area contributed by atoms with Gasteiger partial charge in [-0.05, 0) is 15.9 Å². The van der Waals surface area contributed by atoms with Gasteiger partial charge in [-0.15, -0.1) is 6.42 Å². The molecule has 0 aliphatic rings. The fraction of sp³-hybridized carbons (Fsp3) is 0.333. The van der Waals surface area contributed by atoms with Crippen molar-refractivity contribution in [3.63, 3.8) is 0 Å². The van der Waals surface area contributed by atoms with Crippen LogP contribution in [0, 0.1) is 12.3 Å². The average molecular weight is 272 g/mol. The van der Waals surface area contributed by atoms with E-state index in [2.05, 4.69) is 32.2 Å². The summed E-state index contributed by atoms with van der Waals surface area (Å²) < 4.78 is 1.73. The molecule has 0 aromatic carbocycles. The largest absolute Gasteiger partial charge is 0.328 e. The molecule has 0 aliphatic carbocycles. The van der Waals surface area contributed by atoms with Gasteiger partial charge in [0, 0.05) is 19.3 Å². The Hall–Kier alpha value is -1.32. The second-order valence-corrected chi connectivity index (χ2v) is 3.66. The molecule has 15 heavy (non-hydrogen) atoms. The summed E-state index contributed by atoms with van der Waals surface area (Å²) in [7, 11) is 0. The van der Waals surface area contributed by atoms with Gasteiger partial charge < -0.3 is 5.32 Å². The predicted molar refractivity (Wildman–Crippen MR) is 60.7 cm³/mol. The minimum Gasteiger partial charge on any atom is -0.304 e. The number of hydrogen-bond acceptors (Lipinski definition) is 3. The van der Waals surface area contributed by atoms with Gasteiger partial charge in [0.15, 0.2) is 0 Å². The number of H-pyrrole nitrogens is 1. The van der Waals surface area contributed by atoms with Gasteiger partial charge >= 0.3 is 5.69 Å². The van der Waals surface area contributed by atoms with Crippen LogP contribution < -0.4 is 16.6 Å². The van der Waals surface area contributed by atoms with Gasteiger partial charge in [0.25, 0.3) is 5.56 Å². The summed E-state index contributed by atoms with van der Waals surface area (Å²) >= 11 is 3.05. The van der Waals surface area contributed by atoms with Crippen LogP contribution in [0.3, 0.4) is 0 Å². The Morgan fingerprint density at radius 1 is 1.60 bits per heavy atom. The lowest BCUT2D eigenvalue weighted by Gasteiger charge is -2.04. The number of aromatic amines is 1. The highest BCUT2D eigenvalue weighted by atomic mass is 79.9. The molecule has 5 nitrogen and oxygen atoms in total. The first-order valence-electron chi connectivity index (χ1n) is 4.28. The number of hydrogen-bond donors (Lipinski definition) is 2. The number of rotatable bonds is 4. The van der Waals surface area contributed by atoms with E-state index in [9.17, 15) is 9.59 Å². The van der Waals surface area contributed by atoms with Gasteiger partial charge in [0.2, 0.25) is 0 Å². The number of aromatic nitrogens is 2. The van der Waals surface area contributed by atoms with Crippen LogP contribution in [0.5, 0.6) is 0 Å². The SMILES string of the molecule is C#CCNCCn1cc(Br)c(=O)[nH]c1=O. The lowest BCUT2D eigenvalue weighted by atomic mass is 10.5. The molecule has 2 N–H and O–H groups in total. The van der Waals surface area contributed by atoms with E-state index >= 15 is 0 Å². The number of nitrogens with one attached hydrogen (secondary N) is 2. The second kappa shape index (κ2) is 5.53. The van der Waals surface area contributed by atoms with Crippen LogP contribution in [0.4, 0.5) is 0 Å². The number of halogens is 1. The summed E-state index contributed by atoms with van der Waals surface area (Å²) in [5.41, 5.74) is -0.849. The summed E-state index contributed by atoms with van der Waals surface area (Å²) in [5.74, 6) is 2.42. The van der Waals surface area contributed by atoms with Crippen LogP contribution in [0.15, 0.2) is 20.3 Å². The van der Waals surface area contributed by atoms with Crippen LogP contribution in [0.1, 0.15) is 0 Å². The van der Waals surface area contributed by atoms with Crippen molar-refractivity contribution in [2.75, 3.05) is 13.1 Å². The molecule has 1 aromatic heterocycles. The maximum Gasteiger partial charge on any atom is 0.328 e. The molecule has 0 saturated carbocycles. The van der Waals surface area contributed by atoms with Crippen molar-refractivity contribution in [3.8, 4) is 12.3 Å². The summed E-state index contributed by atoms with van der Waals surface area (Å²) in [6, 6.07) is 0. The third kappa shape index (κ3) is 3.38. The first kappa shape index (κ1) is 11.8. The quantitative estimate of drug-likeness (QED) is 0.575. The molecule has 0 bridgehead atoms. The molecule has 0 aliphatic heterocycles. The molecule has 0 spiro atoms. The maximum absolute atomic E-state index is 11.3. The van der Waals surface area contributed by atoms with Crippen LogP contribution in [-0.2, 0) is 6.54 Å². The van der Waals surface area contributed by atoms with Gasteiger partial charge in [-0.25, -0.2) is 4.79 Å². The van der Waals surface area contributed by atoms with Crippen molar-refractivity contribution in [3.05, 3.63) is 31.5 Å². The Labute approximate surface area is 94.6 Å². The fourth-order valence-corrected chi connectivity index (χ4v) is 1.36. The van der Waals surface area contributed by atoms with Crippen LogP contribution in [0.2, 0.25) is 0 Å². The third-order valence-corrected chi connectivity index (χ3v) is 2.29. The van der Waals surface area contributed by atoms with Crippen molar-refractivity contribution in [1.82, 2.24) is 14.9 Å². The zero-order chi connectivity index (χ0) is 11.3. The molecule has 80 valence electrons. The lowest BCUT2D eigenvalue weighted by Crippen LogP contribution is -2.32. The molecule has 1 heterocycles. The van der Waals surface area contributed by atoms with E-state index in [0.29, 0.717) is 24.1 Å². The van der Waals surface area contributed by atoms with Crippen LogP contribution >= 0.6 is 15.9 Å². The zero-order valence-corrected chi connectivity index (χ0v) is 9.50. The van der Waals surface area contributed by atoms with Crippen LogP contribution in [-0.4, -0.2) is 22.6 Å². The molecule has 1 aromatic rings.